The van der Waals surface area contributed by atoms with Crippen LogP contribution in [0, 0.1) is 5.92 Å². The van der Waals surface area contributed by atoms with Crippen LogP contribution in [-0.4, -0.2) is 12.6 Å². The van der Waals surface area contributed by atoms with Gasteiger partial charge in [0.2, 0.25) is 0 Å². The Morgan fingerprint density at radius 1 is 1.56 bits per heavy atom. The number of rotatable bonds is 3. The van der Waals surface area contributed by atoms with Crippen LogP contribution in [0.4, 0.5) is 0 Å². The Morgan fingerprint density at radius 3 is 2.44 bits per heavy atom. The molecule has 2 nitrogen and oxygen atoms in total. The second-order valence-electron chi connectivity index (χ2n) is 2.52. The molecular weight excluding hydrogens is 116 g/mol. The monoisotopic (exact) mass is 130 g/mol. The zero-order valence-corrected chi connectivity index (χ0v) is 6.31. The van der Waals surface area contributed by atoms with Crippen LogP contribution in [0.5, 0.6) is 0 Å². The summed E-state index contributed by atoms with van der Waals surface area (Å²) in [5.41, 5.74) is 0. The van der Waals surface area contributed by atoms with Crippen molar-refractivity contribution in [2.45, 2.75) is 27.2 Å². The van der Waals surface area contributed by atoms with E-state index in [-0.39, 0.29) is 5.97 Å². The van der Waals surface area contributed by atoms with E-state index >= 15 is 0 Å². The maximum absolute atomic E-state index is 10.2. The lowest BCUT2D eigenvalue weighted by Gasteiger charge is -2.02. The second-order valence-corrected chi connectivity index (χ2v) is 2.52. The number of ether oxygens (including phenoxy) is 1. The molecule has 0 bridgehead atoms. The van der Waals surface area contributed by atoms with Crippen LogP contribution >= 0.6 is 0 Å². The summed E-state index contributed by atoms with van der Waals surface area (Å²) in [6.07, 6.45) is 0.958. The van der Waals surface area contributed by atoms with Crippen molar-refractivity contribution >= 4 is 5.97 Å². The first-order valence-electron chi connectivity index (χ1n) is 3.26. The molecule has 0 unspecified atom stereocenters. The van der Waals surface area contributed by atoms with Crippen LogP contribution in [0.2, 0.25) is 0 Å². The molecule has 0 fully saturated rings. The topological polar surface area (TPSA) is 26.3 Å². The van der Waals surface area contributed by atoms with Gasteiger partial charge in [-0.2, -0.15) is 0 Å². The van der Waals surface area contributed by atoms with Gasteiger partial charge in [-0.3, -0.25) is 4.79 Å². The predicted molar refractivity (Wildman–Crippen MR) is 36.1 cm³/mol. The van der Waals surface area contributed by atoms with E-state index in [1.165, 1.54) is 6.92 Å². The minimum absolute atomic E-state index is 0.185. The maximum Gasteiger partial charge on any atom is 0.302 e. The van der Waals surface area contributed by atoms with Crippen molar-refractivity contribution in [3.8, 4) is 0 Å². The van der Waals surface area contributed by atoms with E-state index in [1.54, 1.807) is 0 Å². The Labute approximate surface area is 56.2 Å². The van der Waals surface area contributed by atoms with Gasteiger partial charge in [0.05, 0.1) is 6.61 Å². The SMILES string of the molecule is CC(=O)OCCC(C)C. The summed E-state index contributed by atoms with van der Waals surface area (Å²) in [6, 6.07) is 0. The van der Waals surface area contributed by atoms with Crippen molar-refractivity contribution in [2.24, 2.45) is 5.92 Å². The first kappa shape index (κ1) is 8.47. The average molecular weight is 130 g/mol. The van der Waals surface area contributed by atoms with Gasteiger partial charge >= 0.3 is 5.97 Å². The highest BCUT2D eigenvalue weighted by Gasteiger charge is 1.94. The van der Waals surface area contributed by atoms with Crippen LogP contribution in [0.15, 0.2) is 0 Å². The molecule has 0 N–H and O–H groups in total. The van der Waals surface area contributed by atoms with E-state index in [0.29, 0.717) is 12.5 Å². The van der Waals surface area contributed by atoms with Crippen LogP contribution in [0.3, 0.4) is 0 Å². The minimum Gasteiger partial charge on any atom is -0.466 e. The number of esters is 1. The lowest BCUT2D eigenvalue weighted by atomic mass is 10.1. The molecule has 0 spiro atoms. The first-order chi connectivity index (χ1) is 4.13. The van der Waals surface area contributed by atoms with Gasteiger partial charge in [-0.25, -0.2) is 0 Å². The summed E-state index contributed by atoms with van der Waals surface area (Å²) in [5.74, 6) is 0.431. The fraction of sp³-hybridized carbons (Fsp3) is 0.857. The van der Waals surface area contributed by atoms with Gasteiger partial charge in [0.1, 0.15) is 0 Å². The van der Waals surface area contributed by atoms with Crippen molar-refractivity contribution in [1.29, 1.82) is 0 Å². The fourth-order valence-electron chi connectivity index (χ4n) is 0.438. The molecule has 0 aromatic rings. The number of carbonyl (C=O) groups excluding carboxylic acids is 1. The molecule has 0 aliphatic heterocycles. The summed E-state index contributed by atoms with van der Waals surface area (Å²) in [5, 5.41) is 0. The molecule has 0 aliphatic rings. The first-order valence-corrected chi connectivity index (χ1v) is 3.26. The highest BCUT2D eigenvalue weighted by molar-refractivity contribution is 5.65. The van der Waals surface area contributed by atoms with E-state index in [4.69, 9.17) is 4.74 Å². The Morgan fingerprint density at radius 2 is 2.11 bits per heavy atom. The minimum atomic E-state index is -0.185. The molecule has 0 heterocycles. The summed E-state index contributed by atoms with van der Waals surface area (Å²) in [4.78, 5) is 10.2. The summed E-state index contributed by atoms with van der Waals surface area (Å²) < 4.78 is 4.71. The van der Waals surface area contributed by atoms with Crippen molar-refractivity contribution in [3.05, 3.63) is 0 Å². The van der Waals surface area contributed by atoms with Crippen molar-refractivity contribution in [1.82, 2.24) is 0 Å². The predicted octanol–water partition coefficient (Wildman–Crippen LogP) is 1.60. The molecule has 0 aromatic heterocycles. The number of carbonyl (C=O) groups is 1. The molecule has 0 aliphatic carbocycles. The Bertz CT molecular complexity index is 86.9. The third kappa shape index (κ3) is 7.47. The maximum atomic E-state index is 10.2. The van der Waals surface area contributed by atoms with Crippen LogP contribution in [0.1, 0.15) is 27.2 Å². The average Bonchev–Trinajstić information content (AvgIpc) is 1.63. The van der Waals surface area contributed by atoms with Crippen molar-refractivity contribution in [3.63, 3.8) is 0 Å². The molecule has 0 radical (unpaired) electrons. The lowest BCUT2D eigenvalue weighted by Crippen LogP contribution is -2.02. The third-order valence-electron chi connectivity index (χ3n) is 1.00. The van der Waals surface area contributed by atoms with Crippen molar-refractivity contribution in [2.75, 3.05) is 6.61 Å². The highest BCUT2D eigenvalue weighted by atomic mass is 16.5. The third-order valence-corrected chi connectivity index (χ3v) is 1.00. The van der Waals surface area contributed by atoms with E-state index in [1.807, 2.05) is 0 Å². The summed E-state index contributed by atoms with van der Waals surface area (Å²) in [6.45, 7) is 6.19. The van der Waals surface area contributed by atoms with Gasteiger partial charge in [0.15, 0.2) is 0 Å². The second kappa shape index (κ2) is 4.36. The number of hydrogen-bond acceptors (Lipinski definition) is 2. The molecule has 0 amide bonds. The van der Waals surface area contributed by atoms with E-state index < -0.39 is 0 Å². The highest BCUT2D eigenvalue weighted by Crippen LogP contribution is 1.98. The van der Waals surface area contributed by atoms with Gasteiger partial charge in [0, 0.05) is 6.92 Å². The fourth-order valence-corrected chi connectivity index (χ4v) is 0.438. The zero-order chi connectivity index (χ0) is 7.28. The molecule has 0 aromatic carbocycles. The van der Waals surface area contributed by atoms with E-state index in [0.717, 1.165) is 6.42 Å². The molecule has 0 saturated heterocycles. The molecular formula is C7H14O2. The summed E-state index contributed by atoms with van der Waals surface area (Å²) >= 11 is 0. The molecule has 2 heteroatoms. The van der Waals surface area contributed by atoms with Crippen molar-refractivity contribution < 1.29 is 9.53 Å². The standard InChI is InChI=1S/C7H14O2/c1-6(2)4-5-9-7(3)8/h6H,4-5H2,1-3H3. The Hall–Kier alpha value is -0.530. The van der Waals surface area contributed by atoms with Crippen LogP contribution in [0.25, 0.3) is 0 Å². The lowest BCUT2D eigenvalue weighted by molar-refractivity contribution is -0.141. The Balaban J connectivity index is 3.01. The van der Waals surface area contributed by atoms with Gasteiger partial charge in [-0.05, 0) is 12.3 Å². The largest absolute Gasteiger partial charge is 0.466 e. The van der Waals surface area contributed by atoms with Gasteiger partial charge in [-0.15, -0.1) is 0 Å². The molecule has 54 valence electrons. The van der Waals surface area contributed by atoms with Gasteiger partial charge in [0.25, 0.3) is 0 Å². The van der Waals surface area contributed by atoms with E-state index in [2.05, 4.69) is 13.8 Å². The molecule has 0 rings (SSSR count). The van der Waals surface area contributed by atoms with Gasteiger partial charge < -0.3 is 4.74 Å². The Kier molecular flexibility index (Phi) is 4.10. The smallest absolute Gasteiger partial charge is 0.302 e. The normalized spacial score (nSPS) is 9.78. The summed E-state index contributed by atoms with van der Waals surface area (Å²) in [7, 11) is 0. The van der Waals surface area contributed by atoms with E-state index in [9.17, 15) is 4.79 Å². The quantitative estimate of drug-likeness (QED) is 0.542. The van der Waals surface area contributed by atoms with Crippen LogP contribution in [-0.2, 0) is 9.53 Å². The molecule has 0 saturated carbocycles. The van der Waals surface area contributed by atoms with Gasteiger partial charge in [-0.1, -0.05) is 13.8 Å². The van der Waals surface area contributed by atoms with Crippen LogP contribution < -0.4 is 0 Å². The number of hydrogen-bond donors (Lipinski definition) is 0. The zero-order valence-electron chi connectivity index (χ0n) is 6.31. The molecule has 9 heavy (non-hydrogen) atoms. The molecule has 0 atom stereocenters.